The SMILES string of the molecule is CCOc1ncnc(NC2(CN)CCCCC2)c1C. The Kier molecular flexibility index (Phi) is 4.58. The van der Waals surface area contributed by atoms with Crippen LogP contribution in [0.1, 0.15) is 44.6 Å². The molecule has 3 N–H and O–H groups in total. The maximum atomic E-state index is 6.00. The van der Waals surface area contributed by atoms with Gasteiger partial charge in [0.15, 0.2) is 0 Å². The van der Waals surface area contributed by atoms with E-state index in [1.807, 2.05) is 13.8 Å². The third-order valence-corrected chi connectivity index (χ3v) is 3.90. The van der Waals surface area contributed by atoms with E-state index in [0.29, 0.717) is 19.0 Å². The van der Waals surface area contributed by atoms with Gasteiger partial charge in [-0.15, -0.1) is 0 Å². The lowest BCUT2D eigenvalue weighted by molar-refractivity contribution is 0.320. The van der Waals surface area contributed by atoms with Crippen LogP contribution in [0.4, 0.5) is 5.82 Å². The molecule has 5 heteroatoms. The molecule has 1 aliphatic rings. The van der Waals surface area contributed by atoms with Crippen molar-refractivity contribution in [2.45, 2.75) is 51.5 Å². The van der Waals surface area contributed by atoms with E-state index in [2.05, 4.69) is 15.3 Å². The highest BCUT2D eigenvalue weighted by Crippen LogP contribution is 2.32. The minimum atomic E-state index is -0.0130. The molecular formula is C14H24N4O. The highest BCUT2D eigenvalue weighted by Gasteiger charge is 2.31. The van der Waals surface area contributed by atoms with Gasteiger partial charge in [0.1, 0.15) is 12.1 Å². The van der Waals surface area contributed by atoms with E-state index in [1.165, 1.54) is 19.3 Å². The van der Waals surface area contributed by atoms with Crippen LogP contribution in [0.15, 0.2) is 6.33 Å². The van der Waals surface area contributed by atoms with Crippen molar-refractivity contribution in [2.24, 2.45) is 5.73 Å². The quantitative estimate of drug-likeness (QED) is 0.853. The van der Waals surface area contributed by atoms with Crippen molar-refractivity contribution in [2.75, 3.05) is 18.5 Å². The molecule has 0 spiro atoms. The first-order valence-electron chi connectivity index (χ1n) is 7.13. The van der Waals surface area contributed by atoms with Crippen molar-refractivity contribution in [1.29, 1.82) is 0 Å². The highest BCUT2D eigenvalue weighted by atomic mass is 16.5. The number of nitrogens with one attached hydrogen (secondary N) is 1. The number of nitrogens with two attached hydrogens (primary N) is 1. The average molecular weight is 264 g/mol. The number of hydrogen-bond donors (Lipinski definition) is 2. The molecule has 19 heavy (non-hydrogen) atoms. The molecule has 1 aromatic rings. The number of nitrogens with zero attached hydrogens (tertiary/aromatic N) is 2. The van der Waals surface area contributed by atoms with Gasteiger partial charge in [0.25, 0.3) is 0 Å². The second kappa shape index (κ2) is 6.19. The van der Waals surface area contributed by atoms with Crippen LogP contribution in [0.3, 0.4) is 0 Å². The minimum Gasteiger partial charge on any atom is -0.478 e. The smallest absolute Gasteiger partial charge is 0.221 e. The van der Waals surface area contributed by atoms with Crippen LogP contribution >= 0.6 is 0 Å². The van der Waals surface area contributed by atoms with Crippen molar-refractivity contribution < 1.29 is 4.74 Å². The summed E-state index contributed by atoms with van der Waals surface area (Å²) in [6.45, 7) is 5.19. The predicted molar refractivity (Wildman–Crippen MR) is 76.4 cm³/mol. The van der Waals surface area contributed by atoms with E-state index in [0.717, 1.165) is 24.2 Å². The first-order chi connectivity index (χ1) is 9.21. The first kappa shape index (κ1) is 14.1. The van der Waals surface area contributed by atoms with Crippen molar-refractivity contribution in [3.8, 4) is 5.88 Å². The number of anilines is 1. The Morgan fingerprint density at radius 1 is 1.32 bits per heavy atom. The molecule has 0 saturated heterocycles. The topological polar surface area (TPSA) is 73.1 Å². The Morgan fingerprint density at radius 2 is 2.05 bits per heavy atom. The lowest BCUT2D eigenvalue weighted by atomic mass is 9.81. The summed E-state index contributed by atoms with van der Waals surface area (Å²) in [7, 11) is 0. The van der Waals surface area contributed by atoms with Crippen molar-refractivity contribution in [3.63, 3.8) is 0 Å². The summed E-state index contributed by atoms with van der Waals surface area (Å²) in [5.41, 5.74) is 6.94. The van der Waals surface area contributed by atoms with Crippen LogP contribution in [0.2, 0.25) is 0 Å². The lowest BCUT2D eigenvalue weighted by Gasteiger charge is -2.38. The van der Waals surface area contributed by atoms with Crippen LogP contribution in [0.5, 0.6) is 5.88 Å². The van der Waals surface area contributed by atoms with E-state index in [9.17, 15) is 0 Å². The molecule has 0 atom stereocenters. The minimum absolute atomic E-state index is 0.0130. The molecule has 1 saturated carbocycles. The normalized spacial score (nSPS) is 18.1. The Hall–Kier alpha value is -1.36. The zero-order valence-corrected chi connectivity index (χ0v) is 11.9. The maximum absolute atomic E-state index is 6.00. The third kappa shape index (κ3) is 3.15. The predicted octanol–water partition coefficient (Wildman–Crippen LogP) is 2.26. The average Bonchev–Trinajstić information content (AvgIpc) is 2.45. The van der Waals surface area contributed by atoms with Crippen LogP contribution < -0.4 is 15.8 Å². The maximum Gasteiger partial charge on any atom is 0.221 e. The Morgan fingerprint density at radius 3 is 2.68 bits per heavy atom. The van der Waals surface area contributed by atoms with Crippen molar-refractivity contribution in [1.82, 2.24) is 9.97 Å². The molecule has 0 unspecified atom stereocenters. The van der Waals surface area contributed by atoms with E-state index in [-0.39, 0.29) is 5.54 Å². The second-order valence-electron chi connectivity index (χ2n) is 5.26. The molecule has 5 nitrogen and oxygen atoms in total. The van der Waals surface area contributed by atoms with Gasteiger partial charge in [0.2, 0.25) is 5.88 Å². The molecule has 0 radical (unpaired) electrons. The van der Waals surface area contributed by atoms with Gasteiger partial charge in [-0.2, -0.15) is 0 Å². The van der Waals surface area contributed by atoms with Crippen molar-refractivity contribution in [3.05, 3.63) is 11.9 Å². The lowest BCUT2D eigenvalue weighted by Crippen LogP contribution is -2.47. The summed E-state index contributed by atoms with van der Waals surface area (Å²) >= 11 is 0. The summed E-state index contributed by atoms with van der Waals surface area (Å²) in [6, 6.07) is 0. The zero-order chi connectivity index (χ0) is 13.7. The third-order valence-electron chi connectivity index (χ3n) is 3.90. The summed E-state index contributed by atoms with van der Waals surface area (Å²) in [4.78, 5) is 8.52. The zero-order valence-electron chi connectivity index (χ0n) is 11.9. The molecule has 2 rings (SSSR count). The summed E-state index contributed by atoms with van der Waals surface area (Å²) in [5, 5.41) is 3.56. The molecule has 0 aliphatic heterocycles. The first-order valence-corrected chi connectivity index (χ1v) is 7.13. The molecule has 0 bridgehead atoms. The molecule has 1 fully saturated rings. The summed E-state index contributed by atoms with van der Waals surface area (Å²) in [6.07, 6.45) is 7.52. The molecule has 1 aliphatic carbocycles. The van der Waals surface area contributed by atoms with Gasteiger partial charge in [-0.25, -0.2) is 9.97 Å². The van der Waals surface area contributed by atoms with Gasteiger partial charge in [-0.05, 0) is 26.7 Å². The Bertz CT molecular complexity index is 416. The van der Waals surface area contributed by atoms with Gasteiger partial charge in [-0.3, -0.25) is 0 Å². The summed E-state index contributed by atoms with van der Waals surface area (Å²) < 4.78 is 5.51. The van der Waals surface area contributed by atoms with E-state index in [4.69, 9.17) is 10.5 Å². The van der Waals surface area contributed by atoms with Crippen LogP contribution in [0.25, 0.3) is 0 Å². The van der Waals surface area contributed by atoms with Gasteiger partial charge in [-0.1, -0.05) is 19.3 Å². The standard InChI is InChI=1S/C14H24N4O/c1-3-19-13-11(2)12(16-10-17-13)18-14(9-15)7-5-4-6-8-14/h10H,3-9,15H2,1-2H3,(H,16,17,18). The number of rotatable bonds is 5. The van der Waals surface area contributed by atoms with Gasteiger partial charge in [0.05, 0.1) is 17.7 Å². The molecule has 0 aromatic carbocycles. The number of ether oxygens (including phenoxy) is 1. The van der Waals surface area contributed by atoms with Crippen molar-refractivity contribution >= 4 is 5.82 Å². The monoisotopic (exact) mass is 264 g/mol. The van der Waals surface area contributed by atoms with Crippen LogP contribution in [-0.4, -0.2) is 28.7 Å². The fraction of sp³-hybridized carbons (Fsp3) is 0.714. The highest BCUT2D eigenvalue weighted by molar-refractivity contribution is 5.49. The van der Waals surface area contributed by atoms with Gasteiger partial charge in [0, 0.05) is 6.54 Å². The molecule has 1 heterocycles. The molecule has 106 valence electrons. The molecule has 0 amide bonds. The fourth-order valence-corrected chi connectivity index (χ4v) is 2.70. The molecular weight excluding hydrogens is 240 g/mol. The number of hydrogen-bond acceptors (Lipinski definition) is 5. The Balaban J connectivity index is 2.19. The van der Waals surface area contributed by atoms with Gasteiger partial charge < -0.3 is 15.8 Å². The van der Waals surface area contributed by atoms with E-state index >= 15 is 0 Å². The second-order valence-corrected chi connectivity index (χ2v) is 5.26. The number of aromatic nitrogens is 2. The Labute approximate surface area is 115 Å². The van der Waals surface area contributed by atoms with Crippen LogP contribution in [-0.2, 0) is 0 Å². The van der Waals surface area contributed by atoms with E-state index in [1.54, 1.807) is 6.33 Å². The van der Waals surface area contributed by atoms with E-state index < -0.39 is 0 Å². The molecule has 1 aromatic heterocycles. The largest absolute Gasteiger partial charge is 0.478 e. The van der Waals surface area contributed by atoms with Gasteiger partial charge >= 0.3 is 0 Å². The van der Waals surface area contributed by atoms with Crippen LogP contribution in [0, 0.1) is 6.92 Å². The fourth-order valence-electron chi connectivity index (χ4n) is 2.70. The summed E-state index contributed by atoms with van der Waals surface area (Å²) in [5.74, 6) is 1.51.